The highest BCUT2D eigenvalue weighted by molar-refractivity contribution is 7.87. The van der Waals surface area contributed by atoms with Crippen LogP contribution in [0.15, 0.2) is 59.6 Å². The predicted molar refractivity (Wildman–Crippen MR) is 87.7 cm³/mol. The normalized spacial score (nSPS) is 11.4. The molecular formula is C15H9ClN2O5S. The van der Waals surface area contributed by atoms with E-state index in [-0.39, 0.29) is 16.3 Å². The highest BCUT2D eigenvalue weighted by Gasteiger charge is 2.20. The second kappa shape index (κ2) is 6.06. The van der Waals surface area contributed by atoms with Gasteiger partial charge in [-0.2, -0.15) is 8.42 Å². The van der Waals surface area contributed by atoms with Gasteiger partial charge in [0.2, 0.25) is 0 Å². The molecule has 0 aliphatic carbocycles. The van der Waals surface area contributed by atoms with Crippen LogP contribution in [0.1, 0.15) is 0 Å². The second-order valence-electron chi connectivity index (χ2n) is 4.73. The molecule has 1 heterocycles. The van der Waals surface area contributed by atoms with Gasteiger partial charge in [-0.05, 0) is 36.4 Å². The minimum absolute atomic E-state index is 0.0216. The van der Waals surface area contributed by atoms with E-state index >= 15 is 0 Å². The van der Waals surface area contributed by atoms with E-state index in [9.17, 15) is 18.5 Å². The average molecular weight is 365 g/mol. The Morgan fingerprint density at radius 2 is 1.79 bits per heavy atom. The number of non-ortho nitro benzene ring substituents is 1. The van der Waals surface area contributed by atoms with E-state index in [1.165, 1.54) is 18.3 Å². The molecule has 0 saturated heterocycles. The second-order valence-corrected chi connectivity index (χ2v) is 6.69. The van der Waals surface area contributed by atoms with Crippen LogP contribution < -0.4 is 4.18 Å². The molecule has 24 heavy (non-hydrogen) atoms. The number of benzene rings is 2. The molecular weight excluding hydrogens is 356 g/mol. The summed E-state index contributed by atoms with van der Waals surface area (Å²) in [6.45, 7) is 0. The molecule has 7 nitrogen and oxygen atoms in total. The Hall–Kier alpha value is -2.71. The first-order chi connectivity index (χ1) is 11.4. The molecule has 3 aromatic rings. The molecule has 0 bridgehead atoms. The molecule has 0 amide bonds. The van der Waals surface area contributed by atoms with Gasteiger partial charge in [-0.15, -0.1) is 0 Å². The van der Waals surface area contributed by atoms with Crippen molar-refractivity contribution in [2.45, 2.75) is 4.90 Å². The zero-order valence-electron chi connectivity index (χ0n) is 11.9. The minimum atomic E-state index is -4.17. The Morgan fingerprint density at radius 3 is 2.46 bits per heavy atom. The van der Waals surface area contributed by atoms with Gasteiger partial charge in [0.05, 0.1) is 9.95 Å². The predicted octanol–water partition coefficient (Wildman–Crippen LogP) is 3.56. The average Bonchev–Trinajstić information content (AvgIpc) is 2.58. The number of nitro benzene ring substituents is 1. The standard InChI is InChI=1S/C15H9ClN2O5S/c16-13-7-8-14(15-12(13)2-1-9-17-15)23-24(21,22)11-5-3-10(4-6-11)18(19)20/h1-9H. The van der Waals surface area contributed by atoms with Crippen molar-refractivity contribution in [3.05, 3.63) is 69.9 Å². The van der Waals surface area contributed by atoms with Crippen molar-refractivity contribution < 1.29 is 17.5 Å². The molecule has 0 aliphatic heterocycles. The first-order valence-electron chi connectivity index (χ1n) is 6.61. The third kappa shape index (κ3) is 3.01. The summed E-state index contributed by atoms with van der Waals surface area (Å²) in [5, 5.41) is 11.6. The van der Waals surface area contributed by atoms with Gasteiger partial charge in [0.15, 0.2) is 5.75 Å². The molecule has 0 radical (unpaired) electrons. The van der Waals surface area contributed by atoms with Gasteiger partial charge in [-0.25, -0.2) is 0 Å². The SMILES string of the molecule is O=[N+]([O-])c1ccc(S(=O)(=O)Oc2ccc(Cl)c3cccnc23)cc1. The van der Waals surface area contributed by atoms with Crippen molar-refractivity contribution >= 4 is 38.3 Å². The molecule has 0 aliphatic rings. The van der Waals surface area contributed by atoms with Gasteiger partial charge >= 0.3 is 10.1 Å². The monoisotopic (exact) mass is 364 g/mol. The fraction of sp³-hybridized carbons (Fsp3) is 0. The first-order valence-corrected chi connectivity index (χ1v) is 8.39. The van der Waals surface area contributed by atoms with Crippen LogP contribution in [0.25, 0.3) is 10.9 Å². The smallest absolute Gasteiger partial charge is 0.339 e. The number of fused-ring (bicyclic) bond motifs is 1. The molecule has 0 saturated carbocycles. The highest BCUT2D eigenvalue weighted by atomic mass is 35.5. The lowest BCUT2D eigenvalue weighted by Gasteiger charge is -2.09. The number of halogens is 1. The summed E-state index contributed by atoms with van der Waals surface area (Å²) in [6, 6.07) is 10.7. The molecule has 0 fully saturated rings. The van der Waals surface area contributed by atoms with Crippen molar-refractivity contribution in [2.75, 3.05) is 0 Å². The molecule has 0 spiro atoms. The summed E-state index contributed by atoms with van der Waals surface area (Å²) >= 11 is 6.06. The van der Waals surface area contributed by atoms with Crippen LogP contribution in [0.2, 0.25) is 5.02 Å². The molecule has 0 unspecified atom stereocenters. The van der Waals surface area contributed by atoms with Crippen molar-refractivity contribution in [1.29, 1.82) is 0 Å². The Bertz CT molecular complexity index is 1040. The van der Waals surface area contributed by atoms with Crippen molar-refractivity contribution in [1.82, 2.24) is 4.98 Å². The van der Waals surface area contributed by atoms with E-state index in [0.29, 0.717) is 15.9 Å². The lowest BCUT2D eigenvalue weighted by atomic mass is 10.2. The summed E-state index contributed by atoms with van der Waals surface area (Å²) in [6.07, 6.45) is 1.49. The van der Waals surface area contributed by atoms with Crippen LogP contribution >= 0.6 is 11.6 Å². The zero-order valence-corrected chi connectivity index (χ0v) is 13.5. The quantitative estimate of drug-likeness (QED) is 0.398. The molecule has 2 aromatic carbocycles. The summed E-state index contributed by atoms with van der Waals surface area (Å²) in [7, 11) is -4.17. The van der Waals surface area contributed by atoms with Gasteiger partial charge < -0.3 is 4.18 Å². The fourth-order valence-corrected chi connectivity index (χ4v) is 3.23. The Morgan fingerprint density at radius 1 is 1.08 bits per heavy atom. The Balaban J connectivity index is 2.01. The van der Waals surface area contributed by atoms with E-state index in [4.69, 9.17) is 15.8 Å². The maximum atomic E-state index is 12.4. The summed E-state index contributed by atoms with van der Waals surface area (Å²) in [5.41, 5.74) is 0.0862. The lowest BCUT2D eigenvalue weighted by Crippen LogP contribution is -2.10. The van der Waals surface area contributed by atoms with E-state index in [1.807, 2.05) is 0 Å². The molecule has 1 aromatic heterocycles. The van der Waals surface area contributed by atoms with Gasteiger partial charge in [0, 0.05) is 23.7 Å². The van der Waals surface area contributed by atoms with E-state index in [2.05, 4.69) is 4.98 Å². The van der Waals surface area contributed by atoms with E-state index in [1.54, 1.807) is 12.1 Å². The van der Waals surface area contributed by atoms with Crippen LogP contribution in [-0.4, -0.2) is 18.3 Å². The number of pyridine rings is 1. The van der Waals surface area contributed by atoms with Crippen molar-refractivity contribution in [2.24, 2.45) is 0 Å². The number of hydrogen-bond donors (Lipinski definition) is 0. The van der Waals surface area contributed by atoms with Gasteiger partial charge in [-0.3, -0.25) is 15.1 Å². The van der Waals surface area contributed by atoms with Gasteiger partial charge in [-0.1, -0.05) is 11.6 Å². The Labute approximate surface area is 141 Å². The zero-order chi connectivity index (χ0) is 17.3. The summed E-state index contributed by atoms with van der Waals surface area (Å²) in [5.74, 6) is 0.0216. The summed E-state index contributed by atoms with van der Waals surface area (Å²) in [4.78, 5) is 13.9. The maximum absolute atomic E-state index is 12.4. The number of nitro groups is 1. The van der Waals surface area contributed by atoms with E-state index < -0.39 is 15.0 Å². The van der Waals surface area contributed by atoms with E-state index in [0.717, 1.165) is 24.3 Å². The number of aromatic nitrogens is 1. The van der Waals surface area contributed by atoms with Gasteiger partial charge in [0.1, 0.15) is 10.4 Å². The largest absolute Gasteiger partial charge is 0.377 e. The number of nitrogens with zero attached hydrogens (tertiary/aromatic N) is 2. The molecule has 122 valence electrons. The van der Waals surface area contributed by atoms with Crippen LogP contribution in [0.5, 0.6) is 5.75 Å². The van der Waals surface area contributed by atoms with Crippen molar-refractivity contribution in [3.8, 4) is 5.75 Å². The number of hydrogen-bond acceptors (Lipinski definition) is 6. The Kier molecular flexibility index (Phi) is 4.08. The van der Waals surface area contributed by atoms with Crippen LogP contribution in [0, 0.1) is 10.1 Å². The maximum Gasteiger partial charge on any atom is 0.339 e. The van der Waals surface area contributed by atoms with Gasteiger partial charge in [0.25, 0.3) is 5.69 Å². The fourth-order valence-electron chi connectivity index (χ4n) is 2.08. The van der Waals surface area contributed by atoms with Crippen molar-refractivity contribution in [3.63, 3.8) is 0 Å². The topological polar surface area (TPSA) is 99.4 Å². The third-order valence-corrected chi connectivity index (χ3v) is 4.79. The minimum Gasteiger partial charge on any atom is -0.377 e. The highest BCUT2D eigenvalue weighted by Crippen LogP contribution is 2.31. The molecule has 0 N–H and O–H groups in total. The molecule has 0 atom stereocenters. The first kappa shape index (κ1) is 16.2. The van der Waals surface area contributed by atoms with Crippen LogP contribution in [0.3, 0.4) is 0 Å². The number of rotatable bonds is 4. The van der Waals surface area contributed by atoms with Crippen LogP contribution in [-0.2, 0) is 10.1 Å². The molecule has 3 rings (SSSR count). The summed E-state index contributed by atoms with van der Waals surface area (Å²) < 4.78 is 29.9. The lowest BCUT2D eigenvalue weighted by molar-refractivity contribution is -0.384. The molecule has 9 heteroatoms. The van der Waals surface area contributed by atoms with Crippen LogP contribution in [0.4, 0.5) is 5.69 Å². The third-order valence-electron chi connectivity index (χ3n) is 3.22.